The summed E-state index contributed by atoms with van der Waals surface area (Å²) in [5.41, 5.74) is 4.13. The third-order valence-electron chi connectivity index (χ3n) is 6.36. The Bertz CT molecular complexity index is 1280. The Hall–Kier alpha value is -2.81. The number of likely N-dealkylation sites (N-methyl/N-ethyl adjacent to an activating group) is 1. The molecule has 2 aromatic carbocycles. The number of hydrogen-bond acceptors (Lipinski definition) is 5. The van der Waals surface area contributed by atoms with Crippen LogP contribution >= 0.6 is 0 Å². The highest BCUT2D eigenvalue weighted by atomic mass is 32.2. The number of nitrogens with one attached hydrogen (secondary N) is 1. The standard InChI is InChI=1S/C25H30N4O3S/c1-4-28-12-14-29(15-13-28)33(31,32)21-9-7-8-20(16-21)27-25(30)17-23-18(2)22-10-5-6-11-24(22)26-19(23)3/h5-11,16H,4,12-15,17H2,1-3H3,(H,27,30). The third-order valence-corrected chi connectivity index (χ3v) is 8.25. The molecule has 0 spiro atoms. The second-order valence-electron chi connectivity index (χ2n) is 8.41. The van der Waals surface area contributed by atoms with E-state index in [1.54, 1.807) is 18.2 Å². The molecule has 0 bridgehead atoms. The summed E-state index contributed by atoms with van der Waals surface area (Å²) in [5, 5.41) is 3.90. The second kappa shape index (κ2) is 9.59. The van der Waals surface area contributed by atoms with Gasteiger partial charge in [-0.1, -0.05) is 31.2 Å². The Morgan fingerprint density at radius 1 is 1.03 bits per heavy atom. The highest BCUT2D eigenvalue weighted by molar-refractivity contribution is 7.89. The first-order valence-corrected chi connectivity index (χ1v) is 12.7. The summed E-state index contributed by atoms with van der Waals surface area (Å²) in [4.78, 5) is 19.9. The number of anilines is 1. The number of piperazine rings is 1. The molecule has 1 aliphatic heterocycles. The first kappa shape index (κ1) is 23.4. The van der Waals surface area contributed by atoms with E-state index >= 15 is 0 Å². The van der Waals surface area contributed by atoms with Crippen LogP contribution in [0.2, 0.25) is 0 Å². The number of hydrogen-bond donors (Lipinski definition) is 1. The topological polar surface area (TPSA) is 82.6 Å². The number of sulfonamides is 1. The van der Waals surface area contributed by atoms with Crippen LogP contribution in [-0.2, 0) is 21.2 Å². The van der Waals surface area contributed by atoms with E-state index in [-0.39, 0.29) is 17.2 Å². The molecule has 1 aliphatic rings. The van der Waals surface area contributed by atoms with Gasteiger partial charge in [0.1, 0.15) is 0 Å². The van der Waals surface area contributed by atoms with Crippen LogP contribution in [0.1, 0.15) is 23.7 Å². The number of amides is 1. The fourth-order valence-electron chi connectivity index (χ4n) is 4.37. The van der Waals surface area contributed by atoms with Gasteiger partial charge in [0.15, 0.2) is 0 Å². The number of pyridine rings is 1. The lowest BCUT2D eigenvalue weighted by atomic mass is 9.99. The van der Waals surface area contributed by atoms with Gasteiger partial charge in [-0.2, -0.15) is 4.31 Å². The number of aromatic nitrogens is 1. The zero-order valence-corrected chi connectivity index (χ0v) is 20.2. The van der Waals surface area contributed by atoms with Crippen molar-refractivity contribution in [2.24, 2.45) is 0 Å². The Balaban J connectivity index is 1.50. The molecule has 0 saturated carbocycles. The number of fused-ring (bicyclic) bond motifs is 1. The van der Waals surface area contributed by atoms with E-state index in [0.29, 0.717) is 18.8 Å². The van der Waals surface area contributed by atoms with Gasteiger partial charge >= 0.3 is 0 Å². The zero-order valence-electron chi connectivity index (χ0n) is 19.3. The van der Waals surface area contributed by atoms with Crippen LogP contribution in [0.25, 0.3) is 10.9 Å². The summed E-state index contributed by atoms with van der Waals surface area (Å²) in [6, 6.07) is 14.4. The van der Waals surface area contributed by atoms with Gasteiger partial charge in [-0.25, -0.2) is 8.42 Å². The fraction of sp³-hybridized carbons (Fsp3) is 0.360. The van der Waals surface area contributed by atoms with Gasteiger partial charge < -0.3 is 10.2 Å². The molecule has 0 radical (unpaired) electrons. The van der Waals surface area contributed by atoms with E-state index in [1.807, 2.05) is 38.1 Å². The average molecular weight is 467 g/mol. The summed E-state index contributed by atoms with van der Waals surface area (Å²) < 4.78 is 27.7. The van der Waals surface area contributed by atoms with Crippen LogP contribution in [0.5, 0.6) is 0 Å². The molecule has 33 heavy (non-hydrogen) atoms. The van der Waals surface area contributed by atoms with E-state index in [1.165, 1.54) is 10.4 Å². The molecule has 1 fully saturated rings. The maximum atomic E-state index is 13.1. The van der Waals surface area contributed by atoms with Crippen LogP contribution in [0.4, 0.5) is 5.69 Å². The molecule has 0 aliphatic carbocycles. The molecule has 3 aromatic rings. The summed E-state index contributed by atoms with van der Waals surface area (Å²) in [6.07, 6.45) is 0.172. The van der Waals surface area contributed by atoms with Crippen LogP contribution in [-0.4, -0.2) is 61.2 Å². The maximum Gasteiger partial charge on any atom is 0.243 e. The minimum atomic E-state index is -3.60. The van der Waals surface area contributed by atoms with Crippen molar-refractivity contribution >= 4 is 32.5 Å². The van der Waals surface area contributed by atoms with Gasteiger partial charge in [-0.3, -0.25) is 9.78 Å². The SMILES string of the molecule is CCN1CCN(S(=O)(=O)c2cccc(NC(=O)Cc3c(C)nc4ccccc4c3C)c2)CC1. The van der Waals surface area contributed by atoms with Crippen molar-refractivity contribution in [2.45, 2.75) is 32.1 Å². The Morgan fingerprint density at radius 2 is 1.76 bits per heavy atom. The number of para-hydroxylation sites is 1. The summed E-state index contributed by atoms with van der Waals surface area (Å²) in [7, 11) is -3.60. The van der Waals surface area contributed by atoms with Gasteiger partial charge in [-0.05, 0) is 55.8 Å². The molecule has 0 unspecified atom stereocenters. The highest BCUT2D eigenvalue weighted by Gasteiger charge is 2.28. The summed E-state index contributed by atoms with van der Waals surface area (Å²) in [6.45, 7) is 9.31. The van der Waals surface area contributed by atoms with Crippen molar-refractivity contribution in [3.8, 4) is 0 Å². The minimum absolute atomic E-state index is 0.172. The molecule has 8 heteroatoms. The Kier molecular flexibility index (Phi) is 6.78. The molecule has 174 valence electrons. The first-order chi connectivity index (χ1) is 15.8. The smallest absolute Gasteiger partial charge is 0.243 e. The van der Waals surface area contributed by atoms with Gasteiger partial charge in [0, 0.05) is 42.9 Å². The molecule has 4 rings (SSSR count). The lowest BCUT2D eigenvalue weighted by molar-refractivity contribution is -0.115. The Labute approximate surface area is 195 Å². The van der Waals surface area contributed by atoms with Crippen LogP contribution in [0, 0.1) is 13.8 Å². The highest BCUT2D eigenvalue weighted by Crippen LogP contribution is 2.24. The molecule has 1 aromatic heterocycles. The van der Waals surface area contributed by atoms with Crippen molar-refractivity contribution in [1.29, 1.82) is 0 Å². The van der Waals surface area contributed by atoms with Crippen LogP contribution < -0.4 is 5.32 Å². The van der Waals surface area contributed by atoms with Gasteiger partial charge in [-0.15, -0.1) is 0 Å². The fourth-order valence-corrected chi connectivity index (χ4v) is 5.83. The molecule has 1 saturated heterocycles. The quantitative estimate of drug-likeness (QED) is 0.602. The van der Waals surface area contributed by atoms with E-state index in [0.717, 1.165) is 47.4 Å². The Morgan fingerprint density at radius 3 is 2.48 bits per heavy atom. The van der Waals surface area contributed by atoms with Gasteiger partial charge in [0.2, 0.25) is 15.9 Å². The molecule has 2 heterocycles. The van der Waals surface area contributed by atoms with Crippen molar-refractivity contribution in [3.63, 3.8) is 0 Å². The number of nitrogens with zero attached hydrogens (tertiary/aromatic N) is 3. The molecule has 0 atom stereocenters. The van der Waals surface area contributed by atoms with Crippen molar-refractivity contribution in [1.82, 2.24) is 14.2 Å². The van der Waals surface area contributed by atoms with E-state index < -0.39 is 10.0 Å². The molecular formula is C25H30N4O3S. The molecular weight excluding hydrogens is 436 g/mol. The number of rotatable bonds is 6. The maximum absolute atomic E-state index is 13.1. The third kappa shape index (κ3) is 4.93. The monoisotopic (exact) mass is 466 g/mol. The molecule has 7 nitrogen and oxygen atoms in total. The van der Waals surface area contributed by atoms with Crippen LogP contribution in [0.3, 0.4) is 0 Å². The number of carbonyl (C=O) groups is 1. The summed E-state index contributed by atoms with van der Waals surface area (Å²) >= 11 is 0. The van der Waals surface area contributed by atoms with E-state index in [9.17, 15) is 13.2 Å². The minimum Gasteiger partial charge on any atom is -0.326 e. The van der Waals surface area contributed by atoms with Crippen molar-refractivity contribution in [2.75, 3.05) is 38.0 Å². The van der Waals surface area contributed by atoms with Gasteiger partial charge in [0.05, 0.1) is 16.8 Å². The van der Waals surface area contributed by atoms with Crippen molar-refractivity contribution < 1.29 is 13.2 Å². The van der Waals surface area contributed by atoms with E-state index in [2.05, 4.69) is 22.1 Å². The second-order valence-corrected chi connectivity index (χ2v) is 10.3. The first-order valence-electron chi connectivity index (χ1n) is 11.3. The molecule has 1 amide bonds. The normalized spacial score (nSPS) is 15.6. The predicted octanol–water partition coefficient (Wildman–Crippen LogP) is 3.36. The summed E-state index contributed by atoms with van der Waals surface area (Å²) in [5.74, 6) is -0.204. The van der Waals surface area contributed by atoms with Gasteiger partial charge in [0.25, 0.3) is 0 Å². The zero-order chi connectivity index (χ0) is 23.6. The van der Waals surface area contributed by atoms with Crippen LogP contribution in [0.15, 0.2) is 53.4 Å². The lowest BCUT2D eigenvalue weighted by Crippen LogP contribution is -2.48. The number of carbonyl (C=O) groups excluding carboxylic acids is 1. The number of aryl methyl sites for hydroxylation is 2. The molecule has 1 N–H and O–H groups in total. The van der Waals surface area contributed by atoms with E-state index in [4.69, 9.17) is 0 Å². The average Bonchev–Trinajstić information content (AvgIpc) is 2.82. The lowest BCUT2D eigenvalue weighted by Gasteiger charge is -2.33. The van der Waals surface area contributed by atoms with Crippen molar-refractivity contribution in [3.05, 3.63) is 65.4 Å². The predicted molar refractivity (Wildman–Crippen MR) is 131 cm³/mol. The number of benzene rings is 2. The largest absolute Gasteiger partial charge is 0.326 e.